The number of ether oxygens (including phenoxy) is 2. The summed E-state index contributed by atoms with van der Waals surface area (Å²) in [5.74, 6) is -2.22. The molecule has 0 bridgehead atoms. The molecule has 2 aliphatic rings. The maximum atomic E-state index is 13.3. The molecule has 0 radical (unpaired) electrons. The van der Waals surface area contributed by atoms with Crippen molar-refractivity contribution in [3.63, 3.8) is 0 Å². The van der Waals surface area contributed by atoms with Gasteiger partial charge in [0.05, 0.1) is 42.4 Å². The number of carboxylic acids is 1. The van der Waals surface area contributed by atoms with E-state index >= 15 is 0 Å². The van der Waals surface area contributed by atoms with E-state index in [2.05, 4.69) is 10.2 Å². The smallest absolute Gasteiger partial charge is 0.336 e. The molecule has 0 amide bonds. The van der Waals surface area contributed by atoms with Crippen molar-refractivity contribution >= 4 is 17.6 Å². The molecule has 2 heterocycles. The molecular formula is C29H34N4O7. The maximum Gasteiger partial charge on any atom is 0.336 e. The highest BCUT2D eigenvalue weighted by Gasteiger charge is 2.43. The number of nitro benzene ring substituents is 1. The lowest BCUT2D eigenvalue weighted by atomic mass is 9.79. The zero-order chi connectivity index (χ0) is 29.1. The molecule has 1 saturated heterocycles. The van der Waals surface area contributed by atoms with Gasteiger partial charge in [-0.05, 0) is 44.0 Å². The number of carbonyl (C=O) groups excluding carboxylic acids is 1. The predicted octanol–water partition coefficient (Wildman–Crippen LogP) is 3.80. The van der Waals surface area contributed by atoms with Gasteiger partial charge in [0, 0.05) is 49.2 Å². The molecule has 1 fully saturated rings. The topological polar surface area (TPSA) is 134 Å². The number of piperazine rings is 1. The van der Waals surface area contributed by atoms with E-state index in [4.69, 9.17) is 9.47 Å². The van der Waals surface area contributed by atoms with Crippen LogP contribution in [0.15, 0.2) is 71.1 Å². The van der Waals surface area contributed by atoms with Crippen molar-refractivity contribution < 1.29 is 29.1 Å². The molecule has 11 heteroatoms. The summed E-state index contributed by atoms with van der Waals surface area (Å²) in [7, 11) is 2.86. The van der Waals surface area contributed by atoms with Crippen LogP contribution in [-0.4, -0.2) is 71.8 Å². The lowest BCUT2D eigenvalue weighted by Gasteiger charge is -2.48. The van der Waals surface area contributed by atoms with E-state index in [1.54, 1.807) is 27.0 Å². The number of hydrogen-bond donors (Lipinski definition) is 2. The fourth-order valence-corrected chi connectivity index (χ4v) is 5.91. The SMILES string of the molecule is COC(=O)C1=C(C)N(C(C)N2CCNCC2c2cccc(OC)c2)C(C)=C(C(=O)O)C1c1cccc([N+](=O)[O-])c1. The van der Waals surface area contributed by atoms with E-state index in [1.165, 1.54) is 25.3 Å². The first-order chi connectivity index (χ1) is 19.1. The van der Waals surface area contributed by atoms with Gasteiger partial charge in [0.25, 0.3) is 5.69 Å². The lowest BCUT2D eigenvalue weighted by Crippen LogP contribution is -2.55. The Kier molecular flexibility index (Phi) is 8.55. The lowest BCUT2D eigenvalue weighted by molar-refractivity contribution is -0.384. The number of nitro groups is 1. The van der Waals surface area contributed by atoms with E-state index in [1.807, 2.05) is 36.1 Å². The molecule has 0 spiro atoms. The summed E-state index contributed by atoms with van der Waals surface area (Å²) in [4.78, 5) is 41.1. The number of benzene rings is 2. The van der Waals surface area contributed by atoms with Crippen molar-refractivity contribution in [2.75, 3.05) is 33.9 Å². The fourth-order valence-electron chi connectivity index (χ4n) is 5.91. The highest BCUT2D eigenvalue weighted by Crippen LogP contribution is 2.45. The van der Waals surface area contributed by atoms with Crippen molar-refractivity contribution in [3.05, 3.63) is 92.3 Å². The van der Waals surface area contributed by atoms with Crippen LogP contribution in [0.2, 0.25) is 0 Å². The van der Waals surface area contributed by atoms with Crippen LogP contribution in [0, 0.1) is 10.1 Å². The molecule has 3 unspecified atom stereocenters. The Hall–Kier alpha value is -4.22. The van der Waals surface area contributed by atoms with Crippen LogP contribution < -0.4 is 10.1 Å². The summed E-state index contributed by atoms with van der Waals surface area (Å²) >= 11 is 0. The highest BCUT2D eigenvalue weighted by atomic mass is 16.6. The Balaban J connectivity index is 1.86. The summed E-state index contributed by atoms with van der Waals surface area (Å²) in [6.45, 7) is 7.53. The second-order valence-electron chi connectivity index (χ2n) is 9.82. The van der Waals surface area contributed by atoms with Gasteiger partial charge in [-0.15, -0.1) is 0 Å². The Morgan fingerprint density at radius 3 is 2.40 bits per heavy atom. The monoisotopic (exact) mass is 550 g/mol. The minimum Gasteiger partial charge on any atom is -0.497 e. The molecule has 3 atom stereocenters. The number of hydrogen-bond acceptors (Lipinski definition) is 9. The molecule has 2 aliphatic heterocycles. The molecule has 2 aromatic rings. The van der Waals surface area contributed by atoms with Crippen LogP contribution in [0.3, 0.4) is 0 Å². The number of nitrogens with one attached hydrogen (secondary N) is 1. The number of allylic oxidation sites excluding steroid dienone is 2. The first kappa shape index (κ1) is 28.8. The second kappa shape index (κ2) is 11.9. The van der Waals surface area contributed by atoms with Crippen LogP contribution in [-0.2, 0) is 14.3 Å². The molecule has 2 aromatic carbocycles. The minimum atomic E-state index is -1.22. The van der Waals surface area contributed by atoms with Crippen molar-refractivity contribution in [2.24, 2.45) is 0 Å². The van der Waals surface area contributed by atoms with E-state index in [0.717, 1.165) is 17.9 Å². The third-order valence-corrected chi connectivity index (χ3v) is 7.75. The number of non-ortho nitro benzene ring substituents is 1. The van der Waals surface area contributed by atoms with Crippen LogP contribution in [0.1, 0.15) is 43.9 Å². The van der Waals surface area contributed by atoms with Crippen LogP contribution in [0.4, 0.5) is 5.69 Å². The fraction of sp³-hybridized carbons (Fsp3) is 0.379. The van der Waals surface area contributed by atoms with Crippen molar-refractivity contribution in [1.29, 1.82) is 0 Å². The van der Waals surface area contributed by atoms with Crippen LogP contribution >= 0.6 is 0 Å². The molecule has 0 aromatic heterocycles. The van der Waals surface area contributed by atoms with E-state index in [9.17, 15) is 24.8 Å². The van der Waals surface area contributed by atoms with Gasteiger partial charge in [-0.1, -0.05) is 24.3 Å². The van der Waals surface area contributed by atoms with Crippen molar-refractivity contribution in [1.82, 2.24) is 15.1 Å². The zero-order valence-electron chi connectivity index (χ0n) is 23.2. The first-order valence-electron chi connectivity index (χ1n) is 13.0. The van der Waals surface area contributed by atoms with Gasteiger partial charge in [-0.2, -0.15) is 0 Å². The van der Waals surface area contributed by atoms with Gasteiger partial charge < -0.3 is 24.8 Å². The van der Waals surface area contributed by atoms with Crippen LogP contribution in [0.5, 0.6) is 5.75 Å². The average Bonchev–Trinajstić information content (AvgIpc) is 2.96. The molecule has 0 aliphatic carbocycles. The van der Waals surface area contributed by atoms with Gasteiger partial charge in [-0.25, -0.2) is 9.59 Å². The van der Waals surface area contributed by atoms with Crippen molar-refractivity contribution in [3.8, 4) is 5.75 Å². The number of carbonyl (C=O) groups is 2. The van der Waals surface area contributed by atoms with Gasteiger partial charge in [0.15, 0.2) is 0 Å². The Morgan fingerprint density at radius 1 is 1.07 bits per heavy atom. The van der Waals surface area contributed by atoms with Crippen LogP contribution in [0.25, 0.3) is 0 Å². The highest BCUT2D eigenvalue weighted by molar-refractivity contribution is 5.99. The number of esters is 1. The summed E-state index contributed by atoms with van der Waals surface area (Å²) in [6, 6.07) is 13.5. The third kappa shape index (κ3) is 5.30. The minimum absolute atomic E-state index is 0.0357. The number of rotatable bonds is 8. The summed E-state index contributed by atoms with van der Waals surface area (Å²) < 4.78 is 10.6. The number of carboxylic acid groups (broad SMARTS) is 1. The van der Waals surface area contributed by atoms with Gasteiger partial charge >= 0.3 is 11.9 Å². The maximum absolute atomic E-state index is 13.3. The Labute approximate surface area is 232 Å². The third-order valence-electron chi connectivity index (χ3n) is 7.75. The van der Waals surface area contributed by atoms with Crippen molar-refractivity contribution in [2.45, 2.75) is 38.9 Å². The normalized spacial score (nSPS) is 20.8. The average molecular weight is 551 g/mol. The van der Waals surface area contributed by atoms with E-state index in [0.29, 0.717) is 30.0 Å². The predicted molar refractivity (Wildman–Crippen MR) is 148 cm³/mol. The number of aliphatic carboxylic acids is 1. The molecule has 40 heavy (non-hydrogen) atoms. The van der Waals surface area contributed by atoms with Gasteiger partial charge in [0.2, 0.25) is 0 Å². The first-order valence-corrected chi connectivity index (χ1v) is 13.0. The quantitative estimate of drug-likeness (QED) is 0.284. The standard InChI is InChI=1S/C29H34N4O7/c1-17-25(28(34)35)27(21-9-6-10-22(14-21)33(37)38)26(29(36)40-5)18(2)32(17)19(3)31-13-12-30-16-24(31)20-8-7-11-23(15-20)39-4/h6-11,14-15,19,24,27,30H,12-13,16H2,1-5H3,(H,34,35). The zero-order valence-corrected chi connectivity index (χ0v) is 23.2. The van der Waals surface area contributed by atoms with Gasteiger partial charge in [-0.3, -0.25) is 15.0 Å². The molecular weight excluding hydrogens is 516 g/mol. The molecule has 11 nitrogen and oxygen atoms in total. The molecule has 212 valence electrons. The summed E-state index contributed by atoms with van der Waals surface area (Å²) in [5, 5.41) is 25.4. The summed E-state index contributed by atoms with van der Waals surface area (Å²) in [5.41, 5.74) is 2.25. The largest absolute Gasteiger partial charge is 0.497 e. The summed E-state index contributed by atoms with van der Waals surface area (Å²) in [6.07, 6.45) is -0.349. The van der Waals surface area contributed by atoms with Gasteiger partial charge in [0.1, 0.15) is 5.75 Å². The molecule has 0 saturated carbocycles. The molecule has 4 rings (SSSR count). The Bertz CT molecular complexity index is 1390. The number of nitrogens with zero attached hydrogens (tertiary/aromatic N) is 3. The second-order valence-corrected chi connectivity index (χ2v) is 9.82. The Morgan fingerprint density at radius 2 is 1.75 bits per heavy atom. The molecule has 2 N–H and O–H groups in total. The van der Waals surface area contributed by atoms with E-state index in [-0.39, 0.29) is 29.0 Å². The van der Waals surface area contributed by atoms with E-state index < -0.39 is 22.8 Å². The number of methoxy groups -OCH3 is 2.